The summed E-state index contributed by atoms with van der Waals surface area (Å²) in [6.07, 6.45) is 1.59. The third-order valence-electron chi connectivity index (χ3n) is 3.59. The normalized spacial score (nSPS) is 10.5. The minimum absolute atomic E-state index is 0.0187. The van der Waals surface area contributed by atoms with Gasteiger partial charge in [-0.1, -0.05) is 18.2 Å². The van der Waals surface area contributed by atoms with Crippen LogP contribution in [0.15, 0.2) is 84.0 Å². The number of hydrazone groups is 1. The van der Waals surface area contributed by atoms with Gasteiger partial charge < -0.3 is 4.74 Å². The number of nitro groups is 1. The maximum absolute atomic E-state index is 12.0. The molecule has 0 unspecified atom stereocenters. The molecule has 0 bridgehead atoms. The Morgan fingerprint density at radius 2 is 1.63 bits per heavy atom. The van der Waals surface area contributed by atoms with Crippen molar-refractivity contribution in [1.29, 1.82) is 0 Å². The molecule has 3 rings (SSSR count). The molecule has 0 radical (unpaired) electrons. The molecular weight excluding hydrogens is 346 g/mol. The van der Waals surface area contributed by atoms with Crippen molar-refractivity contribution in [2.24, 2.45) is 5.10 Å². The Labute approximate surface area is 155 Å². The number of nitrogens with zero attached hydrogens (tertiary/aromatic N) is 2. The van der Waals surface area contributed by atoms with Crippen LogP contribution in [0.1, 0.15) is 15.9 Å². The molecule has 0 aliphatic heterocycles. The molecule has 0 saturated heterocycles. The molecule has 27 heavy (non-hydrogen) atoms. The first kappa shape index (κ1) is 17.8. The van der Waals surface area contributed by atoms with E-state index in [0.717, 1.165) is 5.56 Å². The maximum atomic E-state index is 12.0. The van der Waals surface area contributed by atoms with Gasteiger partial charge in [-0.05, 0) is 54.1 Å². The van der Waals surface area contributed by atoms with Crippen LogP contribution in [-0.2, 0) is 0 Å². The number of ether oxygens (including phenoxy) is 1. The lowest BCUT2D eigenvalue weighted by atomic mass is 10.2. The molecule has 0 aromatic heterocycles. The van der Waals surface area contributed by atoms with Gasteiger partial charge >= 0.3 is 5.97 Å². The first-order valence-electron chi connectivity index (χ1n) is 8.03. The highest BCUT2D eigenvalue weighted by Gasteiger charge is 2.07. The minimum Gasteiger partial charge on any atom is -0.423 e. The zero-order valence-electron chi connectivity index (χ0n) is 14.1. The number of nitrogens with one attached hydrogen (secondary N) is 1. The first-order valence-corrected chi connectivity index (χ1v) is 8.03. The summed E-state index contributed by atoms with van der Waals surface area (Å²) in [7, 11) is 0. The molecule has 3 aromatic rings. The van der Waals surface area contributed by atoms with Crippen LogP contribution < -0.4 is 10.2 Å². The van der Waals surface area contributed by atoms with Crippen molar-refractivity contribution >= 4 is 23.6 Å². The molecule has 0 atom stereocenters. The minimum atomic E-state index is -0.459. The number of anilines is 1. The number of hydrogen-bond acceptors (Lipinski definition) is 6. The smallest absolute Gasteiger partial charge is 0.343 e. The number of rotatable bonds is 6. The number of carbonyl (C=O) groups excluding carboxylic acids is 1. The monoisotopic (exact) mass is 361 g/mol. The molecule has 0 heterocycles. The number of non-ortho nitro benzene ring substituents is 1. The summed E-state index contributed by atoms with van der Waals surface area (Å²) in [5.74, 6) is 0.0150. The van der Waals surface area contributed by atoms with E-state index >= 15 is 0 Å². The van der Waals surface area contributed by atoms with Crippen molar-refractivity contribution in [1.82, 2.24) is 0 Å². The molecule has 0 spiro atoms. The second-order valence-electron chi connectivity index (χ2n) is 5.50. The highest BCUT2D eigenvalue weighted by molar-refractivity contribution is 5.91. The van der Waals surface area contributed by atoms with E-state index in [1.807, 2.05) is 6.07 Å². The van der Waals surface area contributed by atoms with Crippen LogP contribution in [0.2, 0.25) is 0 Å². The van der Waals surface area contributed by atoms with Gasteiger partial charge in [-0.2, -0.15) is 5.10 Å². The van der Waals surface area contributed by atoms with E-state index in [0.29, 0.717) is 17.0 Å². The van der Waals surface area contributed by atoms with Gasteiger partial charge in [0.1, 0.15) is 5.75 Å². The summed E-state index contributed by atoms with van der Waals surface area (Å²) in [5, 5.41) is 14.7. The predicted octanol–water partition coefficient (Wildman–Crippen LogP) is 4.26. The van der Waals surface area contributed by atoms with Gasteiger partial charge in [-0.15, -0.1) is 0 Å². The van der Waals surface area contributed by atoms with Gasteiger partial charge in [0.25, 0.3) is 5.69 Å². The molecule has 7 heteroatoms. The van der Waals surface area contributed by atoms with E-state index in [4.69, 9.17) is 4.74 Å². The fraction of sp³-hybridized carbons (Fsp3) is 0. The van der Waals surface area contributed by atoms with Crippen LogP contribution in [0.3, 0.4) is 0 Å². The van der Waals surface area contributed by atoms with Crippen LogP contribution in [0.25, 0.3) is 0 Å². The van der Waals surface area contributed by atoms with Crippen molar-refractivity contribution < 1.29 is 14.5 Å². The third kappa shape index (κ3) is 4.99. The molecule has 0 amide bonds. The Morgan fingerprint density at radius 1 is 0.963 bits per heavy atom. The van der Waals surface area contributed by atoms with Crippen molar-refractivity contribution in [3.63, 3.8) is 0 Å². The number of esters is 1. The van der Waals surface area contributed by atoms with Crippen LogP contribution in [0.5, 0.6) is 5.75 Å². The molecule has 0 saturated carbocycles. The van der Waals surface area contributed by atoms with E-state index < -0.39 is 10.9 Å². The Bertz CT molecular complexity index is 953. The average molecular weight is 361 g/mol. The van der Waals surface area contributed by atoms with E-state index in [1.54, 1.807) is 66.9 Å². The third-order valence-corrected chi connectivity index (χ3v) is 3.59. The van der Waals surface area contributed by atoms with Gasteiger partial charge in [-0.3, -0.25) is 15.5 Å². The SMILES string of the molecule is O=C(Oc1ccc(/C=N\Nc2ccc([N+](=O)[O-])cc2)cc1)c1ccccc1. The summed E-state index contributed by atoms with van der Waals surface area (Å²) in [6, 6.07) is 21.5. The predicted molar refractivity (Wildman–Crippen MR) is 102 cm³/mol. The van der Waals surface area contributed by atoms with Gasteiger partial charge in [0.2, 0.25) is 0 Å². The summed E-state index contributed by atoms with van der Waals surface area (Å²) in [5.41, 5.74) is 4.71. The van der Waals surface area contributed by atoms with Gasteiger partial charge in [-0.25, -0.2) is 4.79 Å². The lowest BCUT2D eigenvalue weighted by molar-refractivity contribution is -0.384. The van der Waals surface area contributed by atoms with Gasteiger partial charge in [0.15, 0.2) is 0 Å². The molecule has 3 aromatic carbocycles. The molecule has 0 fully saturated rings. The molecule has 0 aliphatic rings. The summed E-state index contributed by atoms with van der Waals surface area (Å²) >= 11 is 0. The largest absolute Gasteiger partial charge is 0.423 e. The van der Waals surface area contributed by atoms with Crippen molar-refractivity contribution in [2.75, 3.05) is 5.43 Å². The Balaban J connectivity index is 1.56. The second kappa shape index (κ2) is 8.39. The lowest BCUT2D eigenvalue weighted by Gasteiger charge is -2.04. The molecule has 134 valence electrons. The first-order chi connectivity index (χ1) is 13.1. The number of nitro benzene ring substituents is 1. The number of hydrogen-bond donors (Lipinski definition) is 1. The quantitative estimate of drug-likeness (QED) is 0.233. The summed E-state index contributed by atoms with van der Waals surface area (Å²) in [6.45, 7) is 0. The fourth-order valence-electron chi connectivity index (χ4n) is 2.20. The van der Waals surface area contributed by atoms with Gasteiger partial charge in [0, 0.05) is 12.1 Å². The topological polar surface area (TPSA) is 93.8 Å². The maximum Gasteiger partial charge on any atom is 0.343 e. The molecule has 7 nitrogen and oxygen atoms in total. The van der Waals surface area contributed by atoms with E-state index in [-0.39, 0.29) is 5.69 Å². The molecule has 1 N–H and O–H groups in total. The van der Waals surface area contributed by atoms with Crippen LogP contribution in [0, 0.1) is 10.1 Å². The average Bonchev–Trinajstić information content (AvgIpc) is 2.70. The van der Waals surface area contributed by atoms with Crippen molar-refractivity contribution in [3.8, 4) is 5.75 Å². The Kier molecular flexibility index (Phi) is 5.54. The molecular formula is C20H15N3O4. The van der Waals surface area contributed by atoms with Crippen molar-refractivity contribution in [3.05, 3.63) is 100 Å². The molecule has 0 aliphatic carbocycles. The van der Waals surface area contributed by atoms with Crippen LogP contribution >= 0.6 is 0 Å². The highest BCUT2D eigenvalue weighted by atomic mass is 16.6. The lowest BCUT2D eigenvalue weighted by Crippen LogP contribution is -2.08. The second-order valence-corrected chi connectivity index (χ2v) is 5.50. The van der Waals surface area contributed by atoms with Crippen LogP contribution in [-0.4, -0.2) is 17.1 Å². The number of benzene rings is 3. The summed E-state index contributed by atoms with van der Waals surface area (Å²) in [4.78, 5) is 22.1. The fourth-order valence-corrected chi connectivity index (χ4v) is 2.20. The van der Waals surface area contributed by atoms with E-state index in [9.17, 15) is 14.9 Å². The zero-order chi connectivity index (χ0) is 19.1. The Hall–Kier alpha value is -4.00. The number of carbonyl (C=O) groups is 1. The van der Waals surface area contributed by atoms with Gasteiger partial charge in [0.05, 0.1) is 22.4 Å². The summed E-state index contributed by atoms with van der Waals surface area (Å²) < 4.78 is 5.31. The highest BCUT2D eigenvalue weighted by Crippen LogP contribution is 2.16. The zero-order valence-corrected chi connectivity index (χ0v) is 14.1. The Morgan fingerprint density at radius 3 is 2.26 bits per heavy atom. The standard InChI is InChI=1S/C20H15N3O4/c24-20(16-4-2-1-3-5-16)27-19-12-6-15(7-13-19)14-21-22-17-8-10-18(11-9-17)23(25)26/h1-14,22H/b21-14-. The van der Waals surface area contributed by atoms with E-state index in [2.05, 4.69) is 10.5 Å². The van der Waals surface area contributed by atoms with Crippen LogP contribution in [0.4, 0.5) is 11.4 Å². The van der Waals surface area contributed by atoms with Crippen molar-refractivity contribution in [2.45, 2.75) is 0 Å². The van der Waals surface area contributed by atoms with E-state index in [1.165, 1.54) is 12.1 Å².